The van der Waals surface area contributed by atoms with Crippen molar-refractivity contribution in [3.8, 4) is 11.5 Å². The molecule has 0 radical (unpaired) electrons. The molecule has 0 heterocycles. The predicted octanol–water partition coefficient (Wildman–Crippen LogP) is 7.71. The van der Waals surface area contributed by atoms with Gasteiger partial charge in [-0.1, -0.05) is 38.3 Å². The van der Waals surface area contributed by atoms with E-state index in [1.165, 1.54) is 63.5 Å². The molecule has 2 aliphatic rings. The lowest BCUT2D eigenvalue weighted by Gasteiger charge is -2.35. The first-order valence-electron chi connectivity index (χ1n) is 12.0. The zero-order valence-electron chi connectivity index (χ0n) is 18.7. The van der Waals surface area contributed by atoms with Crippen molar-refractivity contribution >= 4 is 0 Å². The summed E-state index contributed by atoms with van der Waals surface area (Å²) in [5.41, 5.74) is 0. The normalized spacial score (nSPS) is 26.5. The summed E-state index contributed by atoms with van der Waals surface area (Å²) in [4.78, 5) is 0. The van der Waals surface area contributed by atoms with E-state index in [9.17, 15) is 8.78 Å². The molecule has 30 heavy (non-hydrogen) atoms. The van der Waals surface area contributed by atoms with Crippen LogP contribution in [0.2, 0.25) is 0 Å². The van der Waals surface area contributed by atoms with Gasteiger partial charge >= 0.3 is 0 Å². The average Bonchev–Trinajstić information content (AvgIpc) is 2.78. The van der Waals surface area contributed by atoms with Crippen LogP contribution in [0.25, 0.3) is 0 Å². The Labute approximate surface area is 181 Å². The molecule has 3 rings (SSSR count). The van der Waals surface area contributed by atoms with Crippen LogP contribution in [0.4, 0.5) is 8.78 Å². The van der Waals surface area contributed by atoms with Gasteiger partial charge in [0.15, 0.2) is 11.5 Å². The lowest BCUT2D eigenvalue weighted by atomic mass is 9.71. The first-order valence-corrected chi connectivity index (χ1v) is 12.0. The van der Waals surface area contributed by atoms with Crippen molar-refractivity contribution in [1.29, 1.82) is 0 Å². The maximum absolute atomic E-state index is 14.2. The molecular formula is C26H38F2O2. The SMILES string of the molecule is CCCCCC1C=CC([C@H]2CC[C@H](COc3ccc(OCC)c(F)c3F)CC2)CC1. The average molecular weight is 421 g/mol. The lowest BCUT2D eigenvalue weighted by molar-refractivity contribution is 0.154. The Morgan fingerprint density at radius 3 is 2.13 bits per heavy atom. The van der Waals surface area contributed by atoms with E-state index in [1.807, 2.05) is 0 Å². The molecule has 2 aliphatic carbocycles. The minimum atomic E-state index is -0.963. The monoisotopic (exact) mass is 420 g/mol. The predicted molar refractivity (Wildman–Crippen MR) is 118 cm³/mol. The van der Waals surface area contributed by atoms with Crippen LogP contribution in [-0.4, -0.2) is 13.2 Å². The molecule has 168 valence electrons. The minimum Gasteiger partial charge on any atom is -0.491 e. The van der Waals surface area contributed by atoms with Crippen molar-refractivity contribution in [2.45, 2.75) is 78.1 Å². The number of ether oxygens (including phenoxy) is 2. The second-order valence-electron chi connectivity index (χ2n) is 9.10. The fourth-order valence-corrected chi connectivity index (χ4v) is 5.07. The summed E-state index contributed by atoms with van der Waals surface area (Å²) in [6.45, 7) is 4.76. The Balaban J connectivity index is 1.41. The van der Waals surface area contributed by atoms with E-state index < -0.39 is 11.6 Å². The number of rotatable bonds is 10. The first-order chi connectivity index (χ1) is 14.6. The molecule has 1 saturated carbocycles. The van der Waals surface area contributed by atoms with Gasteiger partial charge in [-0.2, -0.15) is 8.78 Å². The summed E-state index contributed by atoms with van der Waals surface area (Å²) in [5.74, 6) is 0.733. The van der Waals surface area contributed by atoms with Crippen LogP contribution in [0.5, 0.6) is 11.5 Å². The largest absolute Gasteiger partial charge is 0.491 e. The van der Waals surface area contributed by atoms with E-state index in [1.54, 1.807) is 6.92 Å². The molecule has 1 aromatic carbocycles. The van der Waals surface area contributed by atoms with Crippen molar-refractivity contribution in [3.63, 3.8) is 0 Å². The van der Waals surface area contributed by atoms with Gasteiger partial charge < -0.3 is 9.47 Å². The number of halogens is 2. The third kappa shape index (κ3) is 6.21. The van der Waals surface area contributed by atoms with Gasteiger partial charge in [-0.25, -0.2) is 0 Å². The summed E-state index contributed by atoms with van der Waals surface area (Å²) < 4.78 is 38.9. The quantitative estimate of drug-likeness (QED) is 0.285. The second-order valence-corrected chi connectivity index (χ2v) is 9.10. The Morgan fingerprint density at radius 1 is 0.833 bits per heavy atom. The van der Waals surface area contributed by atoms with Crippen molar-refractivity contribution in [1.82, 2.24) is 0 Å². The Hall–Kier alpha value is -1.58. The number of hydrogen-bond donors (Lipinski definition) is 0. The molecule has 0 aromatic heterocycles. The zero-order valence-corrected chi connectivity index (χ0v) is 18.7. The van der Waals surface area contributed by atoms with Gasteiger partial charge in [0.2, 0.25) is 11.6 Å². The molecule has 2 unspecified atom stereocenters. The second kappa shape index (κ2) is 11.7. The molecule has 2 atom stereocenters. The smallest absolute Gasteiger partial charge is 0.204 e. The lowest BCUT2D eigenvalue weighted by Crippen LogP contribution is -2.25. The summed E-state index contributed by atoms with van der Waals surface area (Å²) >= 11 is 0. The highest BCUT2D eigenvalue weighted by atomic mass is 19.2. The Morgan fingerprint density at radius 2 is 1.53 bits per heavy atom. The number of benzene rings is 1. The summed E-state index contributed by atoms with van der Waals surface area (Å²) in [5, 5.41) is 0. The third-order valence-electron chi connectivity index (χ3n) is 6.96. The van der Waals surface area contributed by atoms with Crippen molar-refractivity contribution < 1.29 is 18.3 Å². The standard InChI is InChI=1S/C26H38F2O2/c1-3-5-6-7-19-8-12-21(13-9-19)22-14-10-20(11-15-22)18-30-24-17-16-23(29-4-2)25(27)26(24)28/h8,12,16-17,19-22H,3-7,9-11,13-15,18H2,1-2H3/t19?,20-,21?,22-. The van der Waals surface area contributed by atoms with Crippen molar-refractivity contribution in [3.05, 3.63) is 35.9 Å². The molecule has 0 aliphatic heterocycles. The van der Waals surface area contributed by atoms with Crippen LogP contribution in [0, 0.1) is 35.3 Å². The van der Waals surface area contributed by atoms with E-state index in [-0.39, 0.29) is 11.5 Å². The summed E-state index contributed by atoms with van der Waals surface area (Å²) in [7, 11) is 0. The molecular weight excluding hydrogens is 382 g/mol. The van der Waals surface area contributed by atoms with Crippen LogP contribution >= 0.6 is 0 Å². The van der Waals surface area contributed by atoms with E-state index in [0.717, 1.165) is 30.6 Å². The Kier molecular flexibility index (Phi) is 9.02. The van der Waals surface area contributed by atoms with Gasteiger partial charge in [-0.15, -0.1) is 0 Å². The molecule has 0 bridgehead atoms. The van der Waals surface area contributed by atoms with Gasteiger partial charge in [0.25, 0.3) is 0 Å². The highest BCUT2D eigenvalue weighted by Crippen LogP contribution is 2.39. The van der Waals surface area contributed by atoms with Gasteiger partial charge in [0.1, 0.15) is 0 Å². The van der Waals surface area contributed by atoms with E-state index in [0.29, 0.717) is 19.1 Å². The molecule has 0 spiro atoms. The summed E-state index contributed by atoms with van der Waals surface area (Å²) in [6, 6.07) is 2.91. The summed E-state index contributed by atoms with van der Waals surface area (Å²) in [6.07, 6.45) is 17.7. The molecule has 0 N–H and O–H groups in total. The van der Waals surface area contributed by atoms with Gasteiger partial charge in [-0.05, 0) is 87.7 Å². The fourth-order valence-electron chi connectivity index (χ4n) is 5.07. The number of hydrogen-bond acceptors (Lipinski definition) is 2. The maximum Gasteiger partial charge on any atom is 0.204 e. The molecule has 4 heteroatoms. The van der Waals surface area contributed by atoms with E-state index in [2.05, 4.69) is 19.1 Å². The van der Waals surface area contributed by atoms with Gasteiger partial charge in [0, 0.05) is 0 Å². The topological polar surface area (TPSA) is 18.5 Å². The highest BCUT2D eigenvalue weighted by Gasteiger charge is 2.29. The van der Waals surface area contributed by atoms with Crippen molar-refractivity contribution in [2.75, 3.05) is 13.2 Å². The van der Waals surface area contributed by atoms with E-state index in [4.69, 9.17) is 9.47 Å². The van der Waals surface area contributed by atoms with Crippen LogP contribution in [0.15, 0.2) is 24.3 Å². The van der Waals surface area contributed by atoms with Gasteiger partial charge in [0.05, 0.1) is 13.2 Å². The minimum absolute atomic E-state index is 0.0117. The van der Waals surface area contributed by atoms with Gasteiger partial charge in [-0.3, -0.25) is 0 Å². The Bertz CT molecular complexity index is 680. The number of allylic oxidation sites excluding steroid dienone is 2. The first kappa shape index (κ1) is 23.1. The van der Waals surface area contributed by atoms with Crippen LogP contribution in [-0.2, 0) is 0 Å². The van der Waals surface area contributed by atoms with E-state index >= 15 is 0 Å². The molecule has 0 saturated heterocycles. The molecule has 2 nitrogen and oxygen atoms in total. The van der Waals surface area contributed by atoms with Crippen molar-refractivity contribution in [2.24, 2.45) is 23.7 Å². The molecule has 1 fully saturated rings. The zero-order chi connectivity index (χ0) is 21.3. The maximum atomic E-state index is 14.2. The van der Waals surface area contributed by atoms with Crippen LogP contribution < -0.4 is 9.47 Å². The molecule has 1 aromatic rings. The third-order valence-corrected chi connectivity index (χ3v) is 6.96. The van der Waals surface area contributed by atoms with Crippen LogP contribution in [0.3, 0.4) is 0 Å². The number of unbranched alkanes of at least 4 members (excludes halogenated alkanes) is 2. The molecule has 0 amide bonds. The fraction of sp³-hybridized carbons (Fsp3) is 0.692. The highest BCUT2D eigenvalue weighted by molar-refractivity contribution is 5.35. The van der Waals surface area contributed by atoms with Crippen LogP contribution in [0.1, 0.15) is 78.1 Å².